The van der Waals surface area contributed by atoms with Crippen molar-refractivity contribution in [3.05, 3.63) is 0 Å². The SMILES string of the molecule is COC(=O)[C@@H](NC(=O)OC(C)(C)C)[C@@H]1C[C@@H](C(=O)OC)N(C(=O)OC(C)(C)C)C1=O. The maximum Gasteiger partial charge on any atom is 0.417 e. The molecule has 1 heterocycles. The van der Waals surface area contributed by atoms with Crippen LogP contribution in [0.15, 0.2) is 0 Å². The van der Waals surface area contributed by atoms with E-state index in [1.54, 1.807) is 41.5 Å². The molecule has 0 bridgehead atoms. The number of carbonyl (C=O) groups excluding carboxylic acids is 5. The molecule has 1 aliphatic rings. The number of amides is 3. The molecule has 0 radical (unpaired) electrons. The molecule has 0 aromatic carbocycles. The predicted molar refractivity (Wildman–Crippen MR) is 102 cm³/mol. The number of nitrogens with one attached hydrogen (secondary N) is 1. The van der Waals surface area contributed by atoms with Gasteiger partial charge in [-0.25, -0.2) is 24.1 Å². The molecule has 170 valence electrons. The highest BCUT2D eigenvalue weighted by molar-refractivity contribution is 6.03. The van der Waals surface area contributed by atoms with Crippen molar-refractivity contribution < 1.29 is 42.9 Å². The lowest BCUT2D eigenvalue weighted by molar-refractivity contribution is -0.149. The number of hydrogen-bond donors (Lipinski definition) is 1. The van der Waals surface area contributed by atoms with Gasteiger partial charge in [0.05, 0.1) is 20.1 Å². The Labute approximate surface area is 175 Å². The molecule has 11 heteroatoms. The smallest absolute Gasteiger partial charge is 0.417 e. The Morgan fingerprint density at radius 1 is 0.967 bits per heavy atom. The molecule has 0 aromatic heterocycles. The van der Waals surface area contributed by atoms with Gasteiger partial charge in [0.1, 0.15) is 23.3 Å². The average molecular weight is 430 g/mol. The minimum atomic E-state index is -1.49. The molecule has 30 heavy (non-hydrogen) atoms. The molecule has 0 unspecified atom stereocenters. The van der Waals surface area contributed by atoms with Gasteiger partial charge in [0.15, 0.2) is 0 Å². The zero-order chi connectivity index (χ0) is 23.4. The minimum absolute atomic E-state index is 0.277. The first-order valence-electron chi connectivity index (χ1n) is 9.32. The van der Waals surface area contributed by atoms with Gasteiger partial charge >= 0.3 is 24.1 Å². The summed E-state index contributed by atoms with van der Waals surface area (Å²) in [7, 11) is 2.18. The van der Waals surface area contributed by atoms with Gasteiger partial charge in [-0.3, -0.25) is 4.79 Å². The zero-order valence-electron chi connectivity index (χ0n) is 18.6. The summed E-state index contributed by atoms with van der Waals surface area (Å²) in [6, 6.07) is -2.81. The van der Waals surface area contributed by atoms with Gasteiger partial charge in [0, 0.05) is 0 Å². The summed E-state index contributed by atoms with van der Waals surface area (Å²) < 4.78 is 19.7. The second-order valence-electron chi connectivity index (χ2n) is 8.72. The number of imide groups is 1. The first-order valence-corrected chi connectivity index (χ1v) is 9.32. The molecule has 0 saturated carbocycles. The van der Waals surface area contributed by atoms with Crippen molar-refractivity contribution in [1.82, 2.24) is 10.2 Å². The molecule has 1 N–H and O–H groups in total. The van der Waals surface area contributed by atoms with Crippen LogP contribution in [-0.4, -0.2) is 72.4 Å². The molecule has 0 aliphatic carbocycles. The number of nitrogens with zero attached hydrogens (tertiary/aromatic N) is 1. The van der Waals surface area contributed by atoms with Crippen molar-refractivity contribution in [2.75, 3.05) is 14.2 Å². The Balaban J connectivity index is 3.23. The Hall–Kier alpha value is -2.85. The van der Waals surface area contributed by atoms with Crippen molar-refractivity contribution in [3.63, 3.8) is 0 Å². The van der Waals surface area contributed by atoms with Crippen LogP contribution < -0.4 is 5.32 Å². The predicted octanol–water partition coefficient (Wildman–Crippen LogP) is 1.38. The molecule has 1 fully saturated rings. The van der Waals surface area contributed by atoms with Crippen LogP contribution in [0.5, 0.6) is 0 Å². The maximum atomic E-state index is 13.0. The van der Waals surface area contributed by atoms with E-state index in [-0.39, 0.29) is 6.42 Å². The lowest BCUT2D eigenvalue weighted by atomic mass is 9.96. The Kier molecular flexibility index (Phi) is 7.82. The van der Waals surface area contributed by atoms with Gasteiger partial charge in [-0.1, -0.05) is 0 Å². The standard InChI is InChI=1S/C19H30N2O9/c1-18(2,3)29-16(25)20-12(15(24)28-8)10-9-11(14(23)27-7)21(13(10)22)17(26)30-19(4,5)6/h10-12H,9H2,1-8H3,(H,20,25)/t10-,11-,12-/m0/s1. The Morgan fingerprint density at radius 3 is 1.93 bits per heavy atom. The quantitative estimate of drug-likeness (QED) is 0.518. The summed E-state index contributed by atoms with van der Waals surface area (Å²) in [4.78, 5) is 62.9. The molecule has 11 nitrogen and oxygen atoms in total. The maximum absolute atomic E-state index is 13.0. The molecule has 1 aliphatic heterocycles. The lowest BCUT2D eigenvalue weighted by Gasteiger charge is -2.26. The van der Waals surface area contributed by atoms with Crippen molar-refractivity contribution in [1.29, 1.82) is 0 Å². The Bertz CT molecular complexity index is 706. The highest BCUT2D eigenvalue weighted by Crippen LogP contribution is 2.30. The summed E-state index contributed by atoms with van der Waals surface area (Å²) in [5.41, 5.74) is -1.80. The molecular weight excluding hydrogens is 400 g/mol. The Morgan fingerprint density at radius 2 is 1.50 bits per heavy atom. The summed E-state index contributed by atoms with van der Waals surface area (Å²) in [6.07, 6.45) is -2.30. The van der Waals surface area contributed by atoms with Crippen LogP contribution in [-0.2, 0) is 33.3 Å². The van der Waals surface area contributed by atoms with E-state index in [2.05, 4.69) is 10.1 Å². The van der Waals surface area contributed by atoms with E-state index in [0.717, 1.165) is 14.2 Å². The lowest BCUT2D eigenvalue weighted by Crippen LogP contribution is -2.51. The van der Waals surface area contributed by atoms with Crippen LogP contribution in [0.4, 0.5) is 9.59 Å². The van der Waals surface area contributed by atoms with Gasteiger partial charge in [-0.15, -0.1) is 0 Å². The van der Waals surface area contributed by atoms with Crippen molar-refractivity contribution >= 4 is 30.0 Å². The van der Waals surface area contributed by atoms with Crippen LogP contribution in [0.1, 0.15) is 48.0 Å². The van der Waals surface area contributed by atoms with Crippen LogP contribution in [0.3, 0.4) is 0 Å². The monoisotopic (exact) mass is 430 g/mol. The van der Waals surface area contributed by atoms with E-state index in [9.17, 15) is 24.0 Å². The average Bonchev–Trinajstić information content (AvgIpc) is 2.92. The first kappa shape index (κ1) is 25.2. The normalized spacial score (nSPS) is 20.3. The number of hydrogen-bond acceptors (Lipinski definition) is 9. The van der Waals surface area contributed by atoms with Crippen LogP contribution >= 0.6 is 0 Å². The number of alkyl carbamates (subject to hydrolysis) is 1. The highest BCUT2D eigenvalue weighted by Gasteiger charge is 2.53. The zero-order valence-corrected chi connectivity index (χ0v) is 18.6. The van der Waals surface area contributed by atoms with E-state index in [1.165, 1.54) is 0 Å². The van der Waals surface area contributed by atoms with Gasteiger partial charge in [-0.2, -0.15) is 0 Å². The number of ether oxygens (including phenoxy) is 4. The van der Waals surface area contributed by atoms with Gasteiger partial charge in [0.2, 0.25) is 5.91 Å². The number of likely N-dealkylation sites (tertiary alicyclic amines) is 1. The summed E-state index contributed by atoms with van der Waals surface area (Å²) in [5, 5.41) is 2.29. The summed E-state index contributed by atoms with van der Waals surface area (Å²) in [5.74, 6) is -3.96. The highest BCUT2D eigenvalue weighted by atomic mass is 16.6. The number of esters is 2. The molecule has 0 spiro atoms. The molecule has 3 atom stereocenters. The number of rotatable bonds is 4. The minimum Gasteiger partial charge on any atom is -0.467 e. The van der Waals surface area contributed by atoms with Gasteiger partial charge in [-0.05, 0) is 48.0 Å². The van der Waals surface area contributed by atoms with Crippen LogP contribution in [0.2, 0.25) is 0 Å². The van der Waals surface area contributed by atoms with Crippen molar-refractivity contribution in [2.45, 2.75) is 71.2 Å². The van der Waals surface area contributed by atoms with E-state index in [1.807, 2.05) is 0 Å². The molecule has 1 saturated heterocycles. The largest absolute Gasteiger partial charge is 0.467 e. The van der Waals surface area contributed by atoms with E-state index < -0.39 is 59.2 Å². The van der Waals surface area contributed by atoms with E-state index >= 15 is 0 Å². The second kappa shape index (κ2) is 9.31. The number of methoxy groups -OCH3 is 2. The van der Waals surface area contributed by atoms with Crippen LogP contribution in [0.25, 0.3) is 0 Å². The third-order valence-corrected chi connectivity index (χ3v) is 3.94. The van der Waals surface area contributed by atoms with E-state index in [4.69, 9.17) is 14.2 Å². The fourth-order valence-electron chi connectivity index (χ4n) is 2.81. The molecular formula is C19H30N2O9. The first-order chi connectivity index (χ1) is 13.6. The summed E-state index contributed by atoms with van der Waals surface area (Å²) >= 11 is 0. The van der Waals surface area contributed by atoms with Gasteiger partial charge < -0.3 is 24.3 Å². The third kappa shape index (κ3) is 6.60. The van der Waals surface area contributed by atoms with Crippen LogP contribution in [0, 0.1) is 5.92 Å². The second-order valence-corrected chi connectivity index (χ2v) is 8.72. The third-order valence-electron chi connectivity index (χ3n) is 3.94. The van der Waals surface area contributed by atoms with E-state index in [0.29, 0.717) is 4.90 Å². The summed E-state index contributed by atoms with van der Waals surface area (Å²) in [6.45, 7) is 9.65. The van der Waals surface area contributed by atoms with Crippen molar-refractivity contribution in [2.24, 2.45) is 5.92 Å². The van der Waals surface area contributed by atoms with Gasteiger partial charge in [0.25, 0.3) is 0 Å². The fourth-order valence-corrected chi connectivity index (χ4v) is 2.81. The topological polar surface area (TPSA) is 138 Å². The molecule has 1 rings (SSSR count). The van der Waals surface area contributed by atoms with Crippen molar-refractivity contribution in [3.8, 4) is 0 Å². The fraction of sp³-hybridized carbons (Fsp3) is 0.737. The number of carbonyl (C=O) groups is 5. The molecule has 3 amide bonds. The molecule has 0 aromatic rings.